The van der Waals surface area contributed by atoms with E-state index in [4.69, 9.17) is 21.3 Å². The number of hydrogen-bond acceptors (Lipinski definition) is 5. The molecule has 0 atom stereocenters. The second-order valence-corrected chi connectivity index (χ2v) is 8.56. The van der Waals surface area contributed by atoms with E-state index in [1.165, 1.54) is 31.5 Å². The molecule has 1 aliphatic heterocycles. The summed E-state index contributed by atoms with van der Waals surface area (Å²) in [6, 6.07) is 20.1. The van der Waals surface area contributed by atoms with Crippen molar-refractivity contribution in [1.82, 2.24) is 9.88 Å². The average Bonchev–Trinajstić information content (AvgIpc) is 3.32. The van der Waals surface area contributed by atoms with Crippen molar-refractivity contribution in [2.45, 2.75) is 19.4 Å². The maximum absolute atomic E-state index is 6.21. The van der Waals surface area contributed by atoms with Gasteiger partial charge in [-0.3, -0.25) is 10.3 Å². The van der Waals surface area contributed by atoms with Crippen LogP contribution in [0.2, 0.25) is 5.02 Å². The van der Waals surface area contributed by atoms with E-state index in [0.29, 0.717) is 5.02 Å². The predicted molar refractivity (Wildman–Crippen MR) is 133 cm³/mol. The van der Waals surface area contributed by atoms with E-state index in [1.54, 1.807) is 7.11 Å². The molecular weight excluding hydrogens is 420 g/mol. The van der Waals surface area contributed by atoms with Crippen molar-refractivity contribution < 1.29 is 4.74 Å². The number of hydrazone groups is 1. The van der Waals surface area contributed by atoms with E-state index in [2.05, 4.69) is 39.7 Å². The first-order chi connectivity index (χ1) is 15.7. The van der Waals surface area contributed by atoms with E-state index < -0.39 is 0 Å². The van der Waals surface area contributed by atoms with Gasteiger partial charge in [-0.1, -0.05) is 35.9 Å². The molecule has 1 aliphatic rings. The van der Waals surface area contributed by atoms with Gasteiger partial charge in [-0.2, -0.15) is 5.10 Å². The van der Waals surface area contributed by atoms with Crippen molar-refractivity contribution in [3.8, 4) is 5.75 Å². The monoisotopic (exact) mass is 444 g/mol. The summed E-state index contributed by atoms with van der Waals surface area (Å²) in [5, 5.41) is 7.08. The minimum Gasteiger partial charge on any atom is -0.497 e. The summed E-state index contributed by atoms with van der Waals surface area (Å²) in [4.78, 5) is 7.26. The van der Waals surface area contributed by atoms with E-state index in [1.807, 2.05) is 42.6 Å². The predicted octanol–water partition coefficient (Wildman–Crippen LogP) is 6.09. The molecule has 0 bridgehead atoms. The summed E-state index contributed by atoms with van der Waals surface area (Å²) < 4.78 is 5.42. The summed E-state index contributed by atoms with van der Waals surface area (Å²) >= 11 is 6.21. The molecule has 162 valence electrons. The van der Waals surface area contributed by atoms with Crippen LogP contribution in [0.3, 0.4) is 0 Å². The van der Waals surface area contributed by atoms with Crippen molar-refractivity contribution in [2.75, 3.05) is 25.6 Å². The van der Waals surface area contributed by atoms with Gasteiger partial charge in [-0.25, -0.2) is 4.98 Å². The zero-order valence-electron chi connectivity index (χ0n) is 18.0. The minimum absolute atomic E-state index is 0.654. The summed E-state index contributed by atoms with van der Waals surface area (Å²) in [5.74, 6) is 0.772. The Labute approximate surface area is 192 Å². The zero-order chi connectivity index (χ0) is 21.9. The number of ether oxygens (including phenoxy) is 1. The van der Waals surface area contributed by atoms with Crippen molar-refractivity contribution >= 4 is 45.3 Å². The van der Waals surface area contributed by atoms with Crippen LogP contribution in [0.25, 0.3) is 21.8 Å². The second-order valence-electron chi connectivity index (χ2n) is 8.13. The van der Waals surface area contributed by atoms with Gasteiger partial charge in [0.1, 0.15) is 5.75 Å². The normalized spacial score (nSPS) is 14.6. The van der Waals surface area contributed by atoms with Crippen LogP contribution < -0.4 is 10.2 Å². The topological polar surface area (TPSA) is 49.8 Å². The maximum atomic E-state index is 6.21. The number of nitrogens with one attached hydrogen (secondary N) is 1. The number of likely N-dealkylation sites (tertiary alicyclic amines) is 1. The molecule has 0 radical (unpaired) electrons. The number of pyridine rings is 1. The smallest absolute Gasteiger partial charge is 0.119 e. The SMILES string of the molecule is COc1ccc2nc3cc(Cl)ccc3c(N/N=C\c3ccc(CN4CCCC4)cc3)c2c1. The molecular formula is C26H25ClN4O. The van der Waals surface area contributed by atoms with Crippen molar-refractivity contribution in [2.24, 2.45) is 5.10 Å². The highest BCUT2D eigenvalue weighted by Gasteiger charge is 2.12. The van der Waals surface area contributed by atoms with Gasteiger partial charge >= 0.3 is 0 Å². The maximum Gasteiger partial charge on any atom is 0.119 e. The molecule has 5 nitrogen and oxygen atoms in total. The number of halogens is 1. The van der Waals surface area contributed by atoms with Crippen molar-refractivity contribution in [3.05, 3.63) is 76.8 Å². The number of methoxy groups -OCH3 is 1. The highest BCUT2D eigenvalue weighted by atomic mass is 35.5. The Kier molecular flexibility index (Phi) is 5.93. The van der Waals surface area contributed by atoms with Gasteiger partial charge in [-0.05, 0) is 73.5 Å². The van der Waals surface area contributed by atoms with Gasteiger partial charge in [0.25, 0.3) is 0 Å². The summed E-state index contributed by atoms with van der Waals surface area (Å²) in [6.07, 6.45) is 4.47. The number of benzene rings is 3. The quantitative estimate of drug-likeness (QED) is 0.222. The molecule has 4 aromatic rings. The third kappa shape index (κ3) is 4.40. The molecule has 1 aromatic heterocycles. The van der Waals surface area contributed by atoms with E-state index in [0.717, 1.165) is 45.4 Å². The Bertz CT molecular complexity index is 1280. The molecule has 1 N–H and O–H groups in total. The minimum atomic E-state index is 0.654. The van der Waals surface area contributed by atoms with E-state index >= 15 is 0 Å². The van der Waals surface area contributed by atoms with Gasteiger partial charge < -0.3 is 4.74 Å². The average molecular weight is 445 g/mol. The van der Waals surface area contributed by atoms with Gasteiger partial charge in [0, 0.05) is 22.3 Å². The largest absolute Gasteiger partial charge is 0.497 e. The molecule has 5 rings (SSSR count). The van der Waals surface area contributed by atoms with Crippen molar-refractivity contribution in [1.29, 1.82) is 0 Å². The Balaban J connectivity index is 1.42. The summed E-state index contributed by atoms with van der Waals surface area (Å²) in [7, 11) is 1.66. The molecule has 6 heteroatoms. The lowest BCUT2D eigenvalue weighted by atomic mass is 10.1. The van der Waals surface area contributed by atoms with Crippen LogP contribution >= 0.6 is 11.6 Å². The molecule has 3 aromatic carbocycles. The fourth-order valence-electron chi connectivity index (χ4n) is 4.22. The van der Waals surface area contributed by atoms with Crippen LogP contribution in [0, 0.1) is 0 Å². The van der Waals surface area contributed by atoms with Gasteiger partial charge in [-0.15, -0.1) is 0 Å². The molecule has 2 heterocycles. The number of hydrogen-bond donors (Lipinski definition) is 1. The molecule has 0 amide bonds. The lowest BCUT2D eigenvalue weighted by molar-refractivity contribution is 0.331. The standard InChI is InChI=1S/C26H25ClN4O/c1-32-21-9-11-24-23(15-21)26(22-10-8-20(27)14-25(22)29-24)30-28-16-18-4-6-19(7-5-18)17-31-12-2-3-13-31/h4-11,14-16H,2-3,12-13,17H2,1H3,(H,29,30)/b28-16-. The van der Waals surface area contributed by atoms with Gasteiger partial charge in [0.05, 0.1) is 30.0 Å². The van der Waals surface area contributed by atoms with Crippen LogP contribution in [0.15, 0.2) is 65.8 Å². The number of rotatable bonds is 6. The number of nitrogens with zero attached hydrogens (tertiary/aromatic N) is 3. The van der Waals surface area contributed by atoms with Gasteiger partial charge in [0.2, 0.25) is 0 Å². The highest BCUT2D eigenvalue weighted by Crippen LogP contribution is 2.34. The number of aromatic nitrogens is 1. The lowest BCUT2D eigenvalue weighted by Crippen LogP contribution is -2.18. The van der Waals surface area contributed by atoms with E-state index in [9.17, 15) is 0 Å². The number of anilines is 1. The van der Waals surface area contributed by atoms with Crippen LogP contribution in [0.5, 0.6) is 5.75 Å². The molecule has 32 heavy (non-hydrogen) atoms. The third-order valence-corrected chi connectivity index (χ3v) is 6.15. The van der Waals surface area contributed by atoms with Crippen LogP contribution in [0.1, 0.15) is 24.0 Å². The first kappa shape index (κ1) is 20.7. The Hall–Kier alpha value is -3.15. The Morgan fingerprint density at radius 2 is 1.81 bits per heavy atom. The molecule has 0 aliphatic carbocycles. The fourth-order valence-corrected chi connectivity index (χ4v) is 4.39. The first-order valence-electron chi connectivity index (χ1n) is 10.9. The first-order valence-corrected chi connectivity index (χ1v) is 11.2. The molecule has 1 saturated heterocycles. The molecule has 0 saturated carbocycles. The zero-order valence-corrected chi connectivity index (χ0v) is 18.8. The van der Waals surface area contributed by atoms with Crippen LogP contribution in [0.4, 0.5) is 5.69 Å². The molecule has 0 unspecified atom stereocenters. The van der Waals surface area contributed by atoms with E-state index in [-0.39, 0.29) is 0 Å². The summed E-state index contributed by atoms with van der Waals surface area (Å²) in [5.41, 5.74) is 8.18. The molecule has 1 fully saturated rings. The summed E-state index contributed by atoms with van der Waals surface area (Å²) in [6.45, 7) is 3.43. The van der Waals surface area contributed by atoms with Gasteiger partial charge in [0.15, 0.2) is 0 Å². The number of fused-ring (bicyclic) bond motifs is 2. The molecule has 0 spiro atoms. The fraction of sp³-hybridized carbons (Fsp3) is 0.231. The lowest BCUT2D eigenvalue weighted by Gasteiger charge is -2.14. The van der Waals surface area contributed by atoms with Crippen molar-refractivity contribution in [3.63, 3.8) is 0 Å². The second kappa shape index (κ2) is 9.15. The van der Waals surface area contributed by atoms with Crippen LogP contribution in [-0.4, -0.2) is 36.3 Å². The Morgan fingerprint density at radius 3 is 2.59 bits per heavy atom. The third-order valence-electron chi connectivity index (χ3n) is 5.92. The van der Waals surface area contributed by atoms with Crippen LogP contribution in [-0.2, 0) is 6.54 Å². The highest BCUT2D eigenvalue weighted by molar-refractivity contribution is 6.31. The Morgan fingerprint density at radius 1 is 1.00 bits per heavy atom.